The van der Waals surface area contributed by atoms with Crippen molar-refractivity contribution in [3.05, 3.63) is 69.7 Å². The van der Waals surface area contributed by atoms with Crippen LogP contribution in [0.15, 0.2) is 53.0 Å². The second kappa shape index (κ2) is 6.14. The minimum atomic E-state index is 0.113. The molecule has 2 aromatic rings. The van der Waals surface area contributed by atoms with Crippen molar-refractivity contribution in [1.29, 1.82) is 0 Å². The van der Waals surface area contributed by atoms with E-state index in [4.69, 9.17) is 5.84 Å². The molecule has 0 fully saturated rings. The van der Waals surface area contributed by atoms with Gasteiger partial charge in [-0.1, -0.05) is 58.4 Å². The molecule has 18 heavy (non-hydrogen) atoms. The van der Waals surface area contributed by atoms with E-state index in [1.165, 1.54) is 16.7 Å². The molecule has 3 heteroatoms. The Bertz CT molecular complexity index is 525. The van der Waals surface area contributed by atoms with Gasteiger partial charge in [-0.05, 0) is 36.1 Å². The Morgan fingerprint density at radius 2 is 1.78 bits per heavy atom. The lowest BCUT2D eigenvalue weighted by molar-refractivity contribution is 0.549. The second-order valence-corrected chi connectivity index (χ2v) is 5.23. The molecule has 0 aliphatic carbocycles. The quantitative estimate of drug-likeness (QED) is 0.670. The van der Waals surface area contributed by atoms with Crippen LogP contribution in [0.5, 0.6) is 0 Å². The van der Waals surface area contributed by atoms with E-state index in [0.717, 1.165) is 10.9 Å². The van der Waals surface area contributed by atoms with E-state index in [1.807, 2.05) is 18.2 Å². The number of halogens is 1. The van der Waals surface area contributed by atoms with Crippen LogP contribution in [0.1, 0.15) is 22.7 Å². The van der Waals surface area contributed by atoms with Crippen molar-refractivity contribution in [2.45, 2.75) is 19.4 Å². The Hall–Kier alpha value is -1.16. The number of aryl methyl sites for hydroxylation is 1. The lowest BCUT2D eigenvalue weighted by atomic mass is 9.97. The number of rotatable bonds is 4. The predicted molar refractivity (Wildman–Crippen MR) is 79.1 cm³/mol. The first kappa shape index (κ1) is 13.3. The van der Waals surface area contributed by atoms with E-state index in [1.54, 1.807) is 0 Å². The fourth-order valence-corrected chi connectivity index (χ4v) is 2.64. The van der Waals surface area contributed by atoms with Crippen molar-refractivity contribution >= 4 is 15.9 Å². The minimum Gasteiger partial charge on any atom is -0.271 e. The lowest BCUT2D eigenvalue weighted by Crippen LogP contribution is -2.30. The molecular formula is C15H17BrN2. The van der Waals surface area contributed by atoms with Crippen molar-refractivity contribution in [1.82, 2.24) is 5.43 Å². The van der Waals surface area contributed by atoms with E-state index < -0.39 is 0 Å². The fourth-order valence-electron chi connectivity index (χ4n) is 2.08. The second-order valence-electron chi connectivity index (χ2n) is 4.37. The monoisotopic (exact) mass is 304 g/mol. The molecule has 0 saturated carbocycles. The largest absolute Gasteiger partial charge is 0.271 e. The van der Waals surface area contributed by atoms with E-state index in [0.29, 0.717) is 0 Å². The highest BCUT2D eigenvalue weighted by Gasteiger charge is 2.13. The van der Waals surface area contributed by atoms with Crippen LogP contribution in [0, 0.1) is 6.92 Å². The maximum absolute atomic E-state index is 5.70. The Kier molecular flexibility index (Phi) is 4.53. The molecule has 0 bridgehead atoms. The van der Waals surface area contributed by atoms with Gasteiger partial charge in [0, 0.05) is 4.47 Å². The van der Waals surface area contributed by atoms with Gasteiger partial charge in [0.25, 0.3) is 0 Å². The third-order valence-electron chi connectivity index (χ3n) is 3.17. The molecule has 2 nitrogen and oxygen atoms in total. The molecule has 0 radical (unpaired) electrons. The molecule has 0 amide bonds. The zero-order valence-corrected chi connectivity index (χ0v) is 11.9. The maximum atomic E-state index is 5.70. The summed E-state index contributed by atoms with van der Waals surface area (Å²) in [6.45, 7) is 2.13. The summed E-state index contributed by atoms with van der Waals surface area (Å²) >= 11 is 3.57. The van der Waals surface area contributed by atoms with Crippen LogP contribution in [0.2, 0.25) is 0 Å². The van der Waals surface area contributed by atoms with Gasteiger partial charge in [0.05, 0.1) is 6.04 Å². The smallest absolute Gasteiger partial charge is 0.0511 e. The number of nitrogens with two attached hydrogens (primary N) is 1. The summed E-state index contributed by atoms with van der Waals surface area (Å²) in [6.07, 6.45) is 0.881. The van der Waals surface area contributed by atoms with Crippen LogP contribution < -0.4 is 11.3 Å². The Morgan fingerprint density at radius 1 is 1.11 bits per heavy atom. The van der Waals surface area contributed by atoms with Crippen molar-refractivity contribution < 1.29 is 0 Å². The van der Waals surface area contributed by atoms with E-state index in [9.17, 15) is 0 Å². The predicted octanol–water partition coefficient (Wildman–Crippen LogP) is 3.50. The van der Waals surface area contributed by atoms with Gasteiger partial charge in [0.2, 0.25) is 0 Å². The molecule has 0 saturated heterocycles. The number of hydrogen-bond donors (Lipinski definition) is 2. The van der Waals surface area contributed by atoms with E-state index in [-0.39, 0.29) is 6.04 Å². The van der Waals surface area contributed by atoms with Gasteiger partial charge >= 0.3 is 0 Å². The van der Waals surface area contributed by atoms with Crippen LogP contribution in [0.4, 0.5) is 0 Å². The summed E-state index contributed by atoms with van der Waals surface area (Å²) in [7, 11) is 0. The minimum absolute atomic E-state index is 0.113. The third-order valence-corrected chi connectivity index (χ3v) is 3.89. The molecule has 0 aromatic heterocycles. The zero-order chi connectivity index (χ0) is 13.0. The Balaban J connectivity index is 2.26. The number of hydrazine groups is 1. The molecule has 2 rings (SSSR count). The van der Waals surface area contributed by atoms with Crippen LogP contribution in [-0.4, -0.2) is 0 Å². The Morgan fingerprint density at radius 3 is 2.44 bits per heavy atom. The fraction of sp³-hybridized carbons (Fsp3) is 0.200. The van der Waals surface area contributed by atoms with E-state index in [2.05, 4.69) is 58.6 Å². The number of nitrogens with one attached hydrogen (secondary N) is 1. The first-order valence-corrected chi connectivity index (χ1v) is 6.76. The van der Waals surface area contributed by atoms with Gasteiger partial charge in [-0.2, -0.15) is 0 Å². The molecule has 1 unspecified atom stereocenters. The number of benzene rings is 2. The van der Waals surface area contributed by atoms with Crippen LogP contribution in [0.3, 0.4) is 0 Å². The van der Waals surface area contributed by atoms with Crippen molar-refractivity contribution in [3.63, 3.8) is 0 Å². The SMILES string of the molecule is Cc1ccccc1CC(NN)c1ccccc1Br. The standard InChI is InChI=1S/C15H17BrN2/c1-11-6-2-3-7-12(11)10-15(18-17)13-8-4-5-9-14(13)16/h2-9,15,18H,10,17H2,1H3. The van der Waals surface area contributed by atoms with Gasteiger partial charge < -0.3 is 0 Å². The summed E-state index contributed by atoms with van der Waals surface area (Å²) in [4.78, 5) is 0. The summed E-state index contributed by atoms with van der Waals surface area (Å²) in [5.74, 6) is 5.70. The average Bonchev–Trinajstić information content (AvgIpc) is 2.39. The molecule has 3 N–H and O–H groups in total. The van der Waals surface area contributed by atoms with Crippen LogP contribution in [-0.2, 0) is 6.42 Å². The van der Waals surface area contributed by atoms with Gasteiger partial charge in [-0.3, -0.25) is 11.3 Å². The van der Waals surface area contributed by atoms with Crippen LogP contribution in [0.25, 0.3) is 0 Å². The first-order valence-electron chi connectivity index (χ1n) is 5.97. The maximum Gasteiger partial charge on any atom is 0.0511 e. The molecule has 1 atom stereocenters. The molecule has 0 aliphatic rings. The molecule has 0 aliphatic heterocycles. The van der Waals surface area contributed by atoms with E-state index >= 15 is 0 Å². The zero-order valence-electron chi connectivity index (χ0n) is 10.4. The molecule has 0 spiro atoms. The average molecular weight is 305 g/mol. The summed E-state index contributed by atoms with van der Waals surface area (Å²) < 4.78 is 1.08. The third kappa shape index (κ3) is 2.99. The summed E-state index contributed by atoms with van der Waals surface area (Å²) in [6, 6.07) is 16.7. The molecular weight excluding hydrogens is 288 g/mol. The molecule has 2 aromatic carbocycles. The lowest BCUT2D eigenvalue weighted by Gasteiger charge is -2.19. The summed E-state index contributed by atoms with van der Waals surface area (Å²) in [5, 5.41) is 0. The first-order chi connectivity index (χ1) is 8.72. The summed E-state index contributed by atoms with van der Waals surface area (Å²) in [5.41, 5.74) is 6.70. The molecule has 94 valence electrons. The van der Waals surface area contributed by atoms with Gasteiger partial charge in [0.15, 0.2) is 0 Å². The Labute approximate surface area is 116 Å². The van der Waals surface area contributed by atoms with Gasteiger partial charge in [-0.15, -0.1) is 0 Å². The van der Waals surface area contributed by atoms with Crippen molar-refractivity contribution in [3.8, 4) is 0 Å². The highest BCUT2D eigenvalue weighted by molar-refractivity contribution is 9.10. The molecule has 0 heterocycles. The van der Waals surface area contributed by atoms with Gasteiger partial charge in [-0.25, -0.2) is 0 Å². The number of hydrogen-bond acceptors (Lipinski definition) is 2. The van der Waals surface area contributed by atoms with Crippen molar-refractivity contribution in [2.75, 3.05) is 0 Å². The highest BCUT2D eigenvalue weighted by atomic mass is 79.9. The topological polar surface area (TPSA) is 38.0 Å². The van der Waals surface area contributed by atoms with Crippen LogP contribution >= 0.6 is 15.9 Å². The highest BCUT2D eigenvalue weighted by Crippen LogP contribution is 2.26. The van der Waals surface area contributed by atoms with Gasteiger partial charge in [0.1, 0.15) is 0 Å². The van der Waals surface area contributed by atoms with Crippen molar-refractivity contribution in [2.24, 2.45) is 5.84 Å². The normalized spacial score (nSPS) is 12.4.